The summed E-state index contributed by atoms with van der Waals surface area (Å²) in [5, 5.41) is 4.23. The van der Waals surface area contributed by atoms with E-state index in [1.807, 2.05) is 50.6 Å². The number of hydrogen-bond donors (Lipinski definition) is 1. The van der Waals surface area contributed by atoms with Crippen LogP contribution in [0.1, 0.15) is 11.1 Å². The van der Waals surface area contributed by atoms with Crippen LogP contribution in [0.5, 0.6) is 0 Å². The quantitative estimate of drug-likeness (QED) is 0.617. The third kappa shape index (κ3) is 5.36. The second-order valence-electron chi connectivity index (χ2n) is 7.16. The number of aliphatic imine (C=N–C) groups is 1. The van der Waals surface area contributed by atoms with E-state index in [1.54, 1.807) is 0 Å². The number of pyridine rings is 1. The topological polar surface area (TPSA) is 47.0 Å². The van der Waals surface area contributed by atoms with Gasteiger partial charge in [-0.3, -0.25) is 4.99 Å². The van der Waals surface area contributed by atoms with Crippen LogP contribution in [0, 0.1) is 0 Å². The van der Waals surface area contributed by atoms with E-state index in [-0.39, 0.29) is 0 Å². The fourth-order valence-corrected chi connectivity index (χ4v) is 3.49. The Kier molecular flexibility index (Phi) is 7.12. The first-order valence-corrected chi connectivity index (χ1v) is 9.98. The van der Waals surface area contributed by atoms with Gasteiger partial charge >= 0.3 is 0 Å². The molecule has 0 aliphatic carbocycles. The van der Waals surface area contributed by atoms with Crippen molar-refractivity contribution in [2.24, 2.45) is 4.99 Å². The van der Waals surface area contributed by atoms with E-state index in [0.29, 0.717) is 6.54 Å². The summed E-state index contributed by atoms with van der Waals surface area (Å²) in [5.41, 5.74) is 2.38. The van der Waals surface area contributed by atoms with Crippen molar-refractivity contribution in [3.8, 4) is 0 Å². The van der Waals surface area contributed by atoms with Gasteiger partial charge in [0.1, 0.15) is 5.82 Å². The maximum atomic E-state index is 5.98. The fraction of sp³-hybridized carbons (Fsp3) is 0.429. The Morgan fingerprint density at radius 1 is 1.18 bits per heavy atom. The zero-order valence-corrected chi connectivity index (χ0v) is 17.7. The van der Waals surface area contributed by atoms with E-state index in [1.165, 1.54) is 11.1 Å². The van der Waals surface area contributed by atoms with Crippen molar-refractivity contribution in [1.29, 1.82) is 0 Å². The SMILES string of the molecule is CN=C(NCc1cccnc1N1CCN(C)CC1)N(C)Cc1ccc(Cl)cc1. The Morgan fingerprint density at radius 2 is 1.89 bits per heavy atom. The number of nitrogens with one attached hydrogen (secondary N) is 1. The molecule has 0 radical (unpaired) electrons. The molecule has 0 atom stereocenters. The van der Waals surface area contributed by atoms with Crippen molar-refractivity contribution in [3.05, 3.63) is 58.7 Å². The van der Waals surface area contributed by atoms with E-state index < -0.39 is 0 Å². The van der Waals surface area contributed by atoms with Gasteiger partial charge < -0.3 is 20.0 Å². The number of nitrogens with zero attached hydrogens (tertiary/aromatic N) is 5. The predicted octanol–water partition coefficient (Wildman–Crippen LogP) is 2.69. The molecule has 7 heteroatoms. The summed E-state index contributed by atoms with van der Waals surface area (Å²) < 4.78 is 0. The molecule has 1 aliphatic rings. The Bertz CT molecular complexity index is 784. The van der Waals surface area contributed by atoms with Crippen LogP contribution in [0.4, 0.5) is 5.82 Å². The van der Waals surface area contributed by atoms with Gasteiger partial charge in [-0.15, -0.1) is 0 Å². The summed E-state index contributed by atoms with van der Waals surface area (Å²) >= 11 is 5.98. The molecule has 1 saturated heterocycles. The number of guanidine groups is 1. The van der Waals surface area contributed by atoms with Crippen molar-refractivity contribution in [1.82, 2.24) is 20.1 Å². The fourth-order valence-electron chi connectivity index (χ4n) is 3.37. The monoisotopic (exact) mass is 400 g/mol. The highest BCUT2D eigenvalue weighted by atomic mass is 35.5. The number of aromatic nitrogens is 1. The highest BCUT2D eigenvalue weighted by Crippen LogP contribution is 2.19. The van der Waals surface area contributed by atoms with E-state index in [2.05, 4.69) is 43.1 Å². The normalized spacial score (nSPS) is 15.6. The molecule has 2 heterocycles. The minimum atomic E-state index is 0.688. The molecule has 28 heavy (non-hydrogen) atoms. The lowest BCUT2D eigenvalue weighted by Crippen LogP contribution is -2.45. The van der Waals surface area contributed by atoms with E-state index in [4.69, 9.17) is 11.6 Å². The molecule has 6 nitrogen and oxygen atoms in total. The zero-order valence-electron chi connectivity index (χ0n) is 16.9. The summed E-state index contributed by atoms with van der Waals surface area (Å²) in [6.45, 7) is 5.59. The van der Waals surface area contributed by atoms with Gasteiger partial charge in [-0.25, -0.2) is 4.98 Å². The smallest absolute Gasteiger partial charge is 0.193 e. The molecule has 0 unspecified atom stereocenters. The Balaban J connectivity index is 1.63. The molecule has 1 fully saturated rings. The van der Waals surface area contributed by atoms with Crippen molar-refractivity contribution >= 4 is 23.4 Å². The number of likely N-dealkylation sites (N-methyl/N-ethyl adjacent to an activating group) is 1. The maximum Gasteiger partial charge on any atom is 0.193 e. The zero-order chi connectivity index (χ0) is 19.9. The van der Waals surface area contributed by atoms with Crippen molar-refractivity contribution in [3.63, 3.8) is 0 Å². The predicted molar refractivity (Wildman–Crippen MR) is 117 cm³/mol. The van der Waals surface area contributed by atoms with Crippen LogP contribution in [-0.2, 0) is 13.1 Å². The molecule has 0 saturated carbocycles. The summed E-state index contributed by atoms with van der Waals surface area (Å²) in [4.78, 5) is 15.9. The summed E-state index contributed by atoms with van der Waals surface area (Å²) in [6, 6.07) is 12.0. The van der Waals surface area contributed by atoms with Gasteiger partial charge in [0.05, 0.1) is 0 Å². The molecule has 0 bridgehead atoms. The average molecular weight is 401 g/mol. The van der Waals surface area contributed by atoms with Crippen LogP contribution < -0.4 is 10.2 Å². The van der Waals surface area contributed by atoms with Gasteiger partial charge in [0.25, 0.3) is 0 Å². The molecule has 150 valence electrons. The summed E-state index contributed by atoms with van der Waals surface area (Å²) in [5.74, 6) is 1.92. The lowest BCUT2D eigenvalue weighted by molar-refractivity contribution is 0.311. The van der Waals surface area contributed by atoms with Crippen molar-refractivity contribution < 1.29 is 0 Å². The van der Waals surface area contributed by atoms with E-state index in [9.17, 15) is 0 Å². The van der Waals surface area contributed by atoms with Crippen LogP contribution >= 0.6 is 11.6 Å². The summed E-state index contributed by atoms with van der Waals surface area (Å²) in [6.07, 6.45) is 1.87. The molecule has 1 aromatic carbocycles. The number of anilines is 1. The molecular weight excluding hydrogens is 372 g/mol. The van der Waals surface area contributed by atoms with E-state index >= 15 is 0 Å². The minimum Gasteiger partial charge on any atom is -0.354 e. The first-order valence-electron chi connectivity index (χ1n) is 9.60. The average Bonchev–Trinajstić information content (AvgIpc) is 2.71. The van der Waals surface area contributed by atoms with Crippen molar-refractivity contribution in [2.45, 2.75) is 13.1 Å². The summed E-state index contributed by atoms with van der Waals surface area (Å²) in [7, 11) is 6.01. The third-order valence-electron chi connectivity index (χ3n) is 5.01. The van der Waals surface area contributed by atoms with Crippen LogP contribution in [0.15, 0.2) is 47.6 Å². The molecule has 0 spiro atoms. The van der Waals surface area contributed by atoms with Gasteiger partial charge in [0.15, 0.2) is 5.96 Å². The Labute approximate surface area is 172 Å². The number of piperazine rings is 1. The lowest BCUT2D eigenvalue weighted by Gasteiger charge is -2.34. The van der Waals surface area contributed by atoms with Gasteiger partial charge in [0, 0.05) is 70.1 Å². The lowest BCUT2D eigenvalue weighted by atomic mass is 10.2. The van der Waals surface area contributed by atoms with Crippen LogP contribution in [0.25, 0.3) is 0 Å². The van der Waals surface area contributed by atoms with E-state index in [0.717, 1.165) is 49.5 Å². The first-order chi connectivity index (χ1) is 13.6. The van der Waals surface area contributed by atoms with Gasteiger partial charge in [-0.2, -0.15) is 0 Å². The molecule has 2 aromatic rings. The Hall–Kier alpha value is -2.31. The molecule has 1 aliphatic heterocycles. The molecule has 3 rings (SSSR count). The third-order valence-corrected chi connectivity index (χ3v) is 5.27. The maximum absolute atomic E-state index is 5.98. The standard InChI is InChI=1S/C21H29ClN6/c1-23-21(27(3)16-17-6-8-19(22)9-7-17)25-15-18-5-4-10-24-20(18)28-13-11-26(2)12-14-28/h4-10H,11-16H2,1-3H3,(H,23,25). The van der Waals surface area contributed by atoms with Crippen LogP contribution in [0.3, 0.4) is 0 Å². The Morgan fingerprint density at radius 3 is 2.57 bits per heavy atom. The molecular formula is C21H29ClN6. The van der Waals surface area contributed by atoms with Crippen LogP contribution in [-0.4, -0.2) is 68.1 Å². The second kappa shape index (κ2) is 9.75. The molecule has 0 amide bonds. The van der Waals surface area contributed by atoms with Gasteiger partial charge in [-0.05, 0) is 30.8 Å². The van der Waals surface area contributed by atoms with Gasteiger partial charge in [0.2, 0.25) is 0 Å². The molecule has 1 aromatic heterocycles. The number of halogens is 1. The molecule has 1 N–H and O–H groups in total. The number of hydrogen-bond acceptors (Lipinski definition) is 4. The van der Waals surface area contributed by atoms with Gasteiger partial charge in [-0.1, -0.05) is 29.8 Å². The minimum absolute atomic E-state index is 0.688. The highest BCUT2D eigenvalue weighted by Gasteiger charge is 2.18. The number of rotatable bonds is 5. The second-order valence-corrected chi connectivity index (χ2v) is 7.60. The number of benzene rings is 1. The van der Waals surface area contributed by atoms with Crippen LogP contribution in [0.2, 0.25) is 5.02 Å². The highest BCUT2D eigenvalue weighted by molar-refractivity contribution is 6.30. The largest absolute Gasteiger partial charge is 0.354 e. The van der Waals surface area contributed by atoms with Crippen molar-refractivity contribution in [2.75, 3.05) is 52.2 Å². The first kappa shape index (κ1) is 20.4.